The van der Waals surface area contributed by atoms with E-state index in [-0.39, 0.29) is 6.10 Å². The molecule has 0 radical (unpaired) electrons. The first-order valence-corrected chi connectivity index (χ1v) is 8.89. The van der Waals surface area contributed by atoms with Crippen molar-refractivity contribution in [2.24, 2.45) is 5.92 Å². The Morgan fingerprint density at radius 3 is 2.25 bits per heavy atom. The maximum atomic E-state index is 10.3. The predicted octanol–water partition coefficient (Wildman–Crippen LogP) is 2.73. The van der Waals surface area contributed by atoms with Crippen molar-refractivity contribution in [1.82, 2.24) is 9.80 Å². The van der Waals surface area contributed by atoms with Gasteiger partial charge >= 0.3 is 0 Å². The first-order valence-electron chi connectivity index (χ1n) is 8.89. The Hall–Kier alpha value is -0.120. The zero-order chi connectivity index (χ0) is 14.4. The van der Waals surface area contributed by atoms with E-state index in [0.29, 0.717) is 6.04 Å². The van der Waals surface area contributed by atoms with Crippen LogP contribution in [-0.2, 0) is 0 Å². The molecule has 0 amide bonds. The Kier molecular flexibility index (Phi) is 6.79. The van der Waals surface area contributed by atoms with Gasteiger partial charge in [0.25, 0.3) is 0 Å². The molecule has 20 heavy (non-hydrogen) atoms. The van der Waals surface area contributed by atoms with Gasteiger partial charge in [0.05, 0.1) is 6.10 Å². The topological polar surface area (TPSA) is 26.7 Å². The van der Waals surface area contributed by atoms with Crippen LogP contribution in [-0.4, -0.2) is 59.8 Å². The number of piperidine rings is 1. The lowest BCUT2D eigenvalue weighted by molar-refractivity contribution is 0.0194. The lowest BCUT2D eigenvalue weighted by atomic mass is 9.93. The number of hydrogen-bond donors (Lipinski definition) is 1. The van der Waals surface area contributed by atoms with Gasteiger partial charge < -0.3 is 10.0 Å². The van der Waals surface area contributed by atoms with Gasteiger partial charge in [-0.15, -0.1) is 0 Å². The predicted molar refractivity (Wildman–Crippen MR) is 85.0 cm³/mol. The van der Waals surface area contributed by atoms with E-state index in [0.717, 1.165) is 25.2 Å². The molecule has 3 nitrogen and oxygen atoms in total. The highest BCUT2D eigenvalue weighted by molar-refractivity contribution is 4.83. The van der Waals surface area contributed by atoms with Crippen LogP contribution in [0.4, 0.5) is 0 Å². The summed E-state index contributed by atoms with van der Waals surface area (Å²) in [5, 5.41) is 10.3. The second-order valence-corrected chi connectivity index (χ2v) is 6.82. The minimum atomic E-state index is -0.125. The van der Waals surface area contributed by atoms with Gasteiger partial charge in [-0.05, 0) is 70.6 Å². The van der Waals surface area contributed by atoms with Crippen molar-refractivity contribution >= 4 is 0 Å². The van der Waals surface area contributed by atoms with Crippen molar-refractivity contribution in [3.8, 4) is 0 Å². The molecule has 2 aliphatic rings. The first kappa shape index (κ1) is 16.3. The highest BCUT2D eigenvalue weighted by atomic mass is 16.3. The van der Waals surface area contributed by atoms with Crippen LogP contribution < -0.4 is 0 Å². The summed E-state index contributed by atoms with van der Waals surface area (Å²) in [5.74, 6) is 0.894. The van der Waals surface area contributed by atoms with Crippen LogP contribution in [0, 0.1) is 5.92 Å². The second-order valence-electron chi connectivity index (χ2n) is 6.82. The molecule has 0 aromatic carbocycles. The summed E-state index contributed by atoms with van der Waals surface area (Å²) in [7, 11) is 0. The Bertz CT molecular complexity index is 258. The summed E-state index contributed by atoms with van der Waals surface area (Å²) in [5.41, 5.74) is 0. The Labute approximate surface area is 125 Å². The lowest BCUT2D eigenvalue weighted by Gasteiger charge is -2.40. The molecule has 2 saturated heterocycles. The van der Waals surface area contributed by atoms with Crippen molar-refractivity contribution in [3.05, 3.63) is 0 Å². The first-order chi connectivity index (χ1) is 9.74. The highest BCUT2D eigenvalue weighted by Crippen LogP contribution is 2.24. The van der Waals surface area contributed by atoms with Crippen LogP contribution in [0.5, 0.6) is 0 Å². The Balaban J connectivity index is 1.74. The van der Waals surface area contributed by atoms with E-state index in [1.807, 2.05) is 0 Å². The number of hydrogen-bond acceptors (Lipinski definition) is 3. The van der Waals surface area contributed by atoms with Gasteiger partial charge in [0.15, 0.2) is 0 Å². The van der Waals surface area contributed by atoms with Gasteiger partial charge in [0.2, 0.25) is 0 Å². The molecule has 0 aromatic rings. The van der Waals surface area contributed by atoms with E-state index in [2.05, 4.69) is 23.6 Å². The van der Waals surface area contributed by atoms with E-state index in [4.69, 9.17) is 0 Å². The van der Waals surface area contributed by atoms with Gasteiger partial charge in [0.1, 0.15) is 0 Å². The molecule has 1 N–H and O–H groups in total. The summed E-state index contributed by atoms with van der Waals surface area (Å²) in [4.78, 5) is 5.21. The molecule has 2 rings (SSSR count). The fourth-order valence-corrected chi connectivity index (χ4v) is 4.06. The summed E-state index contributed by atoms with van der Waals surface area (Å²) in [6.07, 6.45) is 8.45. The normalized spacial score (nSPS) is 25.9. The van der Waals surface area contributed by atoms with Crippen molar-refractivity contribution in [2.75, 3.05) is 32.7 Å². The molecule has 0 aliphatic carbocycles. The number of likely N-dealkylation sites (tertiary alicyclic amines) is 2. The van der Waals surface area contributed by atoms with Crippen LogP contribution in [0.15, 0.2) is 0 Å². The van der Waals surface area contributed by atoms with Crippen molar-refractivity contribution in [1.29, 1.82) is 0 Å². The van der Waals surface area contributed by atoms with Crippen molar-refractivity contribution in [3.63, 3.8) is 0 Å². The fourth-order valence-electron chi connectivity index (χ4n) is 4.06. The molecule has 0 spiro atoms. The molecule has 2 atom stereocenters. The third-order valence-electron chi connectivity index (χ3n) is 5.28. The van der Waals surface area contributed by atoms with Gasteiger partial charge in [0, 0.05) is 12.6 Å². The zero-order valence-electron chi connectivity index (χ0n) is 13.6. The van der Waals surface area contributed by atoms with Gasteiger partial charge in [-0.3, -0.25) is 4.90 Å². The molecule has 118 valence electrons. The average molecular weight is 282 g/mol. The van der Waals surface area contributed by atoms with E-state index in [1.54, 1.807) is 0 Å². The fraction of sp³-hybridized carbons (Fsp3) is 1.00. The summed E-state index contributed by atoms with van der Waals surface area (Å²) < 4.78 is 0. The third-order valence-corrected chi connectivity index (χ3v) is 5.28. The molecule has 2 fully saturated rings. The number of nitrogens with zero attached hydrogens (tertiary/aromatic N) is 2. The monoisotopic (exact) mass is 282 g/mol. The quantitative estimate of drug-likeness (QED) is 0.778. The van der Waals surface area contributed by atoms with E-state index in [9.17, 15) is 5.11 Å². The second kappa shape index (κ2) is 8.35. The summed E-state index contributed by atoms with van der Waals surface area (Å²) in [6.45, 7) is 10.7. The maximum absolute atomic E-state index is 10.3. The van der Waals surface area contributed by atoms with Crippen LogP contribution in [0.1, 0.15) is 58.8 Å². The largest absolute Gasteiger partial charge is 0.391 e. The molecule has 0 bridgehead atoms. The molecular formula is C17H34N2O. The van der Waals surface area contributed by atoms with Crippen LogP contribution in [0.3, 0.4) is 0 Å². The van der Waals surface area contributed by atoms with Crippen LogP contribution in [0.25, 0.3) is 0 Å². The zero-order valence-corrected chi connectivity index (χ0v) is 13.6. The smallest absolute Gasteiger partial charge is 0.0695 e. The van der Waals surface area contributed by atoms with Crippen molar-refractivity contribution in [2.45, 2.75) is 70.9 Å². The lowest BCUT2D eigenvalue weighted by Crippen LogP contribution is -2.48. The third kappa shape index (κ3) is 4.44. The molecule has 3 heteroatoms. The molecular weight excluding hydrogens is 248 g/mol. The van der Waals surface area contributed by atoms with Crippen LogP contribution >= 0.6 is 0 Å². The number of aliphatic hydroxyl groups excluding tert-OH is 1. The molecule has 0 saturated carbocycles. The summed E-state index contributed by atoms with van der Waals surface area (Å²) >= 11 is 0. The SMILES string of the molecule is CCCC(O)C(CC)N1CCC(CN2CCCC2)CC1. The number of aliphatic hydroxyl groups is 1. The average Bonchev–Trinajstić information content (AvgIpc) is 2.95. The molecule has 2 unspecified atom stereocenters. The minimum Gasteiger partial charge on any atom is -0.391 e. The van der Waals surface area contributed by atoms with Crippen LogP contribution in [0.2, 0.25) is 0 Å². The maximum Gasteiger partial charge on any atom is 0.0695 e. The van der Waals surface area contributed by atoms with E-state index < -0.39 is 0 Å². The van der Waals surface area contributed by atoms with Gasteiger partial charge in [-0.2, -0.15) is 0 Å². The minimum absolute atomic E-state index is 0.125. The standard InChI is InChI=1S/C17H34N2O/c1-3-7-17(20)16(4-2)19-12-8-15(9-13-19)14-18-10-5-6-11-18/h15-17,20H,3-14H2,1-2H3. The van der Waals surface area contributed by atoms with Gasteiger partial charge in [-0.1, -0.05) is 20.3 Å². The molecule has 0 aromatic heterocycles. The Morgan fingerprint density at radius 2 is 1.70 bits per heavy atom. The Morgan fingerprint density at radius 1 is 1.05 bits per heavy atom. The van der Waals surface area contributed by atoms with Crippen molar-refractivity contribution < 1.29 is 5.11 Å². The van der Waals surface area contributed by atoms with E-state index in [1.165, 1.54) is 58.4 Å². The number of rotatable bonds is 7. The van der Waals surface area contributed by atoms with E-state index >= 15 is 0 Å². The van der Waals surface area contributed by atoms with Gasteiger partial charge in [-0.25, -0.2) is 0 Å². The highest BCUT2D eigenvalue weighted by Gasteiger charge is 2.29. The molecule has 2 aliphatic heterocycles. The molecule has 2 heterocycles. The summed E-state index contributed by atoms with van der Waals surface area (Å²) in [6, 6.07) is 0.391.